The van der Waals surface area contributed by atoms with Gasteiger partial charge in [-0.3, -0.25) is 0 Å². The molecule has 2 rings (SSSR count). The molecule has 1 aliphatic carbocycles. The minimum Gasteiger partial charge on any atom is -0.480 e. The van der Waals surface area contributed by atoms with Crippen molar-refractivity contribution in [1.29, 1.82) is 0 Å². The van der Waals surface area contributed by atoms with Gasteiger partial charge in [-0.05, 0) is 51.0 Å². The molecule has 0 atom stereocenters. The van der Waals surface area contributed by atoms with Crippen molar-refractivity contribution in [3.8, 4) is 0 Å². The summed E-state index contributed by atoms with van der Waals surface area (Å²) in [4.78, 5) is 13.0. The Hall–Kier alpha value is -1.60. The Labute approximate surface area is 124 Å². The van der Waals surface area contributed by atoms with Crippen LogP contribution < -0.4 is 9.62 Å². The predicted octanol–water partition coefficient (Wildman–Crippen LogP) is 1.43. The number of sulfonamides is 1. The molecule has 2 N–H and O–H groups in total. The Morgan fingerprint density at radius 3 is 2.24 bits per heavy atom. The second kappa shape index (κ2) is 5.31. The second-order valence-corrected chi connectivity index (χ2v) is 7.53. The summed E-state index contributed by atoms with van der Waals surface area (Å²) >= 11 is 0. The number of carboxylic acids is 1. The third-order valence-corrected chi connectivity index (χ3v) is 5.33. The molecule has 1 saturated carbocycles. The number of benzene rings is 1. The molecule has 0 bridgehead atoms. The number of anilines is 1. The van der Waals surface area contributed by atoms with Crippen LogP contribution in [0.5, 0.6) is 0 Å². The first-order valence-corrected chi connectivity index (χ1v) is 8.22. The number of nitrogens with one attached hydrogen (secondary N) is 1. The molecule has 1 fully saturated rings. The highest BCUT2D eigenvalue weighted by Gasteiger charge is 2.32. The molecule has 0 spiro atoms. The van der Waals surface area contributed by atoms with Gasteiger partial charge in [0.15, 0.2) is 0 Å². The number of likely N-dealkylation sites (N-methyl/N-ethyl adjacent to an activating group) is 1. The second-order valence-electron chi connectivity index (χ2n) is 5.81. The van der Waals surface area contributed by atoms with Gasteiger partial charge in [0.1, 0.15) is 5.54 Å². The smallest absolute Gasteiger partial charge is 0.328 e. The Balaban J connectivity index is 2.20. The first kappa shape index (κ1) is 15.8. The van der Waals surface area contributed by atoms with Gasteiger partial charge < -0.3 is 10.0 Å². The summed E-state index contributed by atoms with van der Waals surface area (Å²) in [7, 11) is -1.81. The van der Waals surface area contributed by atoms with E-state index in [-0.39, 0.29) is 10.9 Å². The van der Waals surface area contributed by atoms with Crippen molar-refractivity contribution < 1.29 is 18.3 Å². The van der Waals surface area contributed by atoms with Crippen molar-refractivity contribution in [2.24, 2.45) is 0 Å². The summed E-state index contributed by atoms with van der Waals surface area (Å²) in [6.45, 7) is 3.18. The van der Waals surface area contributed by atoms with E-state index in [1.165, 1.54) is 12.1 Å². The van der Waals surface area contributed by atoms with Gasteiger partial charge in [0.05, 0.1) is 4.90 Å². The molecule has 1 aromatic carbocycles. The summed E-state index contributed by atoms with van der Waals surface area (Å²) < 4.78 is 26.7. The lowest BCUT2D eigenvalue weighted by Crippen LogP contribution is -2.48. The van der Waals surface area contributed by atoms with Crippen molar-refractivity contribution in [2.45, 2.75) is 43.2 Å². The van der Waals surface area contributed by atoms with Crippen LogP contribution in [-0.4, -0.2) is 38.1 Å². The predicted molar refractivity (Wildman–Crippen MR) is 79.9 cm³/mol. The fourth-order valence-corrected chi connectivity index (χ4v) is 3.11. The number of nitrogens with zero attached hydrogens (tertiary/aromatic N) is 1. The van der Waals surface area contributed by atoms with Crippen molar-refractivity contribution in [3.05, 3.63) is 24.3 Å². The molecular formula is C14H20N2O4S. The van der Waals surface area contributed by atoms with Crippen LogP contribution in [0.15, 0.2) is 29.2 Å². The van der Waals surface area contributed by atoms with Crippen LogP contribution in [0.25, 0.3) is 0 Å². The van der Waals surface area contributed by atoms with Gasteiger partial charge >= 0.3 is 5.97 Å². The molecule has 7 heteroatoms. The average Bonchev–Trinajstić information content (AvgIpc) is 3.21. The van der Waals surface area contributed by atoms with E-state index in [4.69, 9.17) is 0 Å². The van der Waals surface area contributed by atoms with Crippen LogP contribution in [0, 0.1) is 0 Å². The molecule has 0 unspecified atom stereocenters. The SMILES string of the molecule is CN(c1ccc(S(=O)(=O)NC2CC2)cc1)C(C)(C)C(=O)O. The fourth-order valence-electron chi connectivity index (χ4n) is 1.80. The minimum atomic E-state index is -3.48. The van der Waals surface area contributed by atoms with Crippen LogP contribution in [0.3, 0.4) is 0 Å². The highest BCUT2D eigenvalue weighted by Crippen LogP contribution is 2.26. The molecule has 1 aromatic rings. The van der Waals surface area contributed by atoms with E-state index in [2.05, 4.69) is 4.72 Å². The topological polar surface area (TPSA) is 86.7 Å². The average molecular weight is 312 g/mol. The largest absolute Gasteiger partial charge is 0.480 e. The third-order valence-electron chi connectivity index (χ3n) is 3.80. The molecule has 0 amide bonds. The summed E-state index contributed by atoms with van der Waals surface area (Å²) in [5, 5.41) is 9.22. The lowest BCUT2D eigenvalue weighted by atomic mass is 10.0. The zero-order valence-electron chi connectivity index (χ0n) is 12.3. The molecule has 0 heterocycles. The molecule has 0 aromatic heterocycles. The molecule has 0 radical (unpaired) electrons. The van der Waals surface area contributed by atoms with Crippen molar-refractivity contribution >= 4 is 21.7 Å². The van der Waals surface area contributed by atoms with Crippen molar-refractivity contribution in [1.82, 2.24) is 4.72 Å². The summed E-state index contributed by atoms with van der Waals surface area (Å²) in [5.41, 5.74) is -0.431. The number of carboxylic acid groups (broad SMARTS) is 1. The van der Waals surface area contributed by atoms with E-state index in [9.17, 15) is 18.3 Å². The molecule has 6 nitrogen and oxygen atoms in total. The highest BCUT2D eigenvalue weighted by atomic mass is 32.2. The van der Waals surface area contributed by atoms with Crippen LogP contribution in [-0.2, 0) is 14.8 Å². The highest BCUT2D eigenvalue weighted by molar-refractivity contribution is 7.89. The summed E-state index contributed by atoms with van der Waals surface area (Å²) in [5.74, 6) is -0.947. The van der Waals surface area contributed by atoms with Crippen LogP contribution in [0.2, 0.25) is 0 Å². The normalized spacial score (nSPS) is 15.8. The monoisotopic (exact) mass is 312 g/mol. The van der Waals surface area contributed by atoms with Gasteiger partial charge in [0, 0.05) is 18.8 Å². The zero-order chi connectivity index (χ0) is 15.8. The van der Waals surface area contributed by atoms with Gasteiger partial charge in [0.25, 0.3) is 0 Å². The van der Waals surface area contributed by atoms with Gasteiger partial charge in [-0.2, -0.15) is 0 Å². The Morgan fingerprint density at radius 1 is 1.29 bits per heavy atom. The number of aliphatic carboxylic acids is 1. The summed E-state index contributed by atoms with van der Waals surface area (Å²) in [6.07, 6.45) is 1.76. The number of hydrogen-bond acceptors (Lipinski definition) is 4. The lowest BCUT2D eigenvalue weighted by molar-refractivity contribution is -0.142. The van der Waals surface area contributed by atoms with Gasteiger partial charge in [-0.1, -0.05) is 0 Å². The van der Waals surface area contributed by atoms with E-state index < -0.39 is 21.5 Å². The van der Waals surface area contributed by atoms with Crippen LogP contribution in [0.1, 0.15) is 26.7 Å². The maximum atomic E-state index is 12.1. The maximum absolute atomic E-state index is 12.1. The molecule has 116 valence electrons. The van der Waals surface area contributed by atoms with E-state index >= 15 is 0 Å². The zero-order valence-corrected chi connectivity index (χ0v) is 13.1. The first-order valence-electron chi connectivity index (χ1n) is 6.74. The van der Waals surface area contributed by atoms with Gasteiger partial charge in [-0.15, -0.1) is 0 Å². The fraction of sp³-hybridized carbons (Fsp3) is 0.500. The third kappa shape index (κ3) is 3.36. The molecule has 1 aliphatic rings. The standard InChI is InChI=1S/C14H20N2O4S/c1-14(2,13(17)18)16(3)11-6-8-12(9-7-11)21(19,20)15-10-4-5-10/h6-10,15H,4-5H2,1-3H3,(H,17,18). The first-order chi connectivity index (χ1) is 9.64. The van der Waals surface area contributed by atoms with E-state index in [0.29, 0.717) is 5.69 Å². The molecule has 0 saturated heterocycles. The van der Waals surface area contributed by atoms with Gasteiger partial charge in [0.2, 0.25) is 10.0 Å². The van der Waals surface area contributed by atoms with Crippen molar-refractivity contribution in [2.75, 3.05) is 11.9 Å². The minimum absolute atomic E-state index is 0.0586. The molecule has 0 aliphatic heterocycles. The Bertz CT molecular complexity index is 633. The number of rotatable bonds is 6. The van der Waals surface area contributed by atoms with E-state index in [1.54, 1.807) is 37.9 Å². The number of carbonyl (C=O) groups is 1. The quantitative estimate of drug-likeness (QED) is 0.830. The Morgan fingerprint density at radius 2 is 1.81 bits per heavy atom. The lowest BCUT2D eigenvalue weighted by Gasteiger charge is -2.33. The van der Waals surface area contributed by atoms with Crippen molar-refractivity contribution in [3.63, 3.8) is 0 Å². The summed E-state index contributed by atoms with van der Waals surface area (Å²) in [6, 6.07) is 6.28. The van der Waals surface area contributed by atoms with Gasteiger partial charge in [-0.25, -0.2) is 17.9 Å². The van der Waals surface area contributed by atoms with Crippen LogP contribution >= 0.6 is 0 Å². The van der Waals surface area contributed by atoms with Crippen LogP contribution in [0.4, 0.5) is 5.69 Å². The van der Waals surface area contributed by atoms with E-state index in [0.717, 1.165) is 12.8 Å². The maximum Gasteiger partial charge on any atom is 0.328 e. The molecule has 21 heavy (non-hydrogen) atoms. The Kier molecular flexibility index (Phi) is 3.99. The number of hydrogen-bond donors (Lipinski definition) is 2. The molecular weight excluding hydrogens is 292 g/mol. The van der Waals surface area contributed by atoms with E-state index in [1.807, 2.05) is 0 Å².